The Morgan fingerprint density at radius 3 is 2.45 bits per heavy atom. The number of nitrogens with zero attached hydrogens (tertiary/aromatic N) is 1. The standard InChI is InChI=1S/C22H19BrN2O3S/c1-15-13-17-14-16(22(26)24-20-10-6-5-9-19(20)23)11-12-21(17)25(15)29(27,28)18-7-3-2-4-8-18/h2-12,14-15H,13H2,1H3,(H,24,26)/t15-/m1/s1. The van der Waals surface area contributed by atoms with Gasteiger partial charge in [0, 0.05) is 16.1 Å². The first-order chi connectivity index (χ1) is 13.9. The molecule has 29 heavy (non-hydrogen) atoms. The third-order valence-corrected chi connectivity index (χ3v) is 7.55. The first kappa shape index (κ1) is 19.7. The normalized spacial score (nSPS) is 15.8. The van der Waals surface area contributed by atoms with E-state index < -0.39 is 10.0 Å². The Balaban J connectivity index is 1.65. The lowest BCUT2D eigenvalue weighted by Gasteiger charge is -2.24. The Morgan fingerprint density at radius 2 is 1.72 bits per heavy atom. The summed E-state index contributed by atoms with van der Waals surface area (Å²) in [6.07, 6.45) is 0.553. The molecule has 1 aliphatic heterocycles. The zero-order valence-electron chi connectivity index (χ0n) is 15.7. The van der Waals surface area contributed by atoms with E-state index in [0.29, 0.717) is 23.4 Å². The molecule has 0 aromatic heterocycles. The van der Waals surface area contributed by atoms with Crippen LogP contribution in [-0.4, -0.2) is 20.4 Å². The molecule has 0 saturated heterocycles. The monoisotopic (exact) mass is 470 g/mol. The molecule has 1 N–H and O–H groups in total. The van der Waals surface area contributed by atoms with Gasteiger partial charge in [0.05, 0.1) is 16.3 Å². The van der Waals surface area contributed by atoms with E-state index >= 15 is 0 Å². The predicted molar refractivity (Wildman–Crippen MR) is 118 cm³/mol. The smallest absolute Gasteiger partial charge is 0.264 e. The molecular formula is C22H19BrN2O3S. The van der Waals surface area contributed by atoms with Crippen LogP contribution in [0.5, 0.6) is 0 Å². The molecule has 4 rings (SSSR count). The lowest BCUT2D eigenvalue weighted by Crippen LogP contribution is -2.35. The quantitative estimate of drug-likeness (QED) is 0.592. The van der Waals surface area contributed by atoms with Crippen molar-refractivity contribution in [3.8, 4) is 0 Å². The van der Waals surface area contributed by atoms with Crippen molar-refractivity contribution in [2.75, 3.05) is 9.62 Å². The molecule has 5 nitrogen and oxygen atoms in total. The molecule has 0 bridgehead atoms. The lowest BCUT2D eigenvalue weighted by atomic mass is 10.1. The van der Waals surface area contributed by atoms with Gasteiger partial charge >= 0.3 is 0 Å². The molecule has 0 saturated carbocycles. The molecule has 0 fully saturated rings. The summed E-state index contributed by atoms with van der Waals surface area (Å²) in [6.45, 7) is 1.88. The number of sulfonamides is 1. The van der Waals surface area contributed by atoms with E-state index in [1.807, 2.05) is 31.2 Å². The summed E-state index contributed by atoms with van der Waals surface area (Å²) in [5.74, 6) is -0.239. The van der Waals surface area contributed by atoms with Crippen LogP contribution in [0.4, 0.5) is 11.4 Å². The average molecular weight is 471 g/mol. The van der Waals surface area contributed by atoms with Gasteiger partial charge in [0.25, 0.3) is 15.9 Å². The number of carbonyl (C=O) groups is 1. The van der Waals surface area contributed by atoms with Gasteiger partial charge < -0.3 is 5.32 Å². The van der Waals surface area contributed by atoms with E-state index in [2.05, 4.69) is 21.2 Å². The van der Waals surface area contributed by atoms with Gasteiger partial charge in [0.15, 0.2) is 0 Å². The molecule has 7 heteroatoms. The second-order valence-corrected chi connectivity index (χ2v) is 9.61. The number of hydrogen-bond acceptors (Lipinski definition) is 3. The zero-order valence-corrected chi connectivity index (χ0v) is 18.1. The maximum atomic E-state index is 13.1. The molecule has 0 radical (unpaired) electrons. The number of amides is 1. The number of halogens is 1. The minimum atomic E-state index is -3.66. The topological polar surface area (TPSA) is 66.5 Å². The summed E-state index contributed by atoms with van der Waals surface area (Å²) in [5, 5.41) is 2.88. The van der Waals surface area contributed by atoms with Crippen molar-refractivity contribution in [2.45, 2.75) is 24.3 Å². The maximum Gasteiger partial charge on any atom is 0.264 e. The lowest BCUT2D eigenvalue weighted by molar-refractivity contribution is 0.102. The number of para-hydroxylation sites is 1. The fourth-order valence-corrected chi connectivity index (χ4v) is 5.67. The van der Waals surface area contributed by atoms with Gasteiger partial charge in [0.2, 0.25) is 0 Å². The van der Waals surface area contributed by atoms with Crippen LogP contribution in [0, 0.1) is 0 Å². The van der Waals surface area contributed by atoms with Crippen molar-refractivity contribution in [2.24, 2.45) is 0 Å². The van der Waals surface area contributed by atoms with Gasteiger partial charge in [0.1, 0.15) is 0 Å². The number of anilines is 2. The minimum absolute atomic E-state index is 0.225. The molecule has 3 aromatic carbocycles. The summed E-state index contributed by atoms with van der Waals surface area (Å²) in [4.78, 5) is 12.9. The maximum absolute atomic E-state index is 13.1. The Bertz CT molecular complexity index is 1180. The first-order valence-electron chi connectivity index (χ1n) is 9.16. The molecule has 0 aliphatic carbocycles. The molecule has 1 atom stereocenters. The molecule has 148 valence electrons. The van der Waals surface area contributed by atoms with Crippen LogP contribution in [0.15, 0.2) is 82.2 Å². The third-order valence-electron chi connectivity index (χ3n) is 4.92. The fourth-order valence-electron chi connectivity index (χ4n) is 3.57. The summed E-state index contributed by atoms with van der Waals surface area (Å²) >= 11 is 3.42. The molecule has 0 spiro atoms. The van der Waals surface area contributed by atoms with Gasteiger partial charge in [-0.2, -0.15) is 0 Å². The molecule has 0 unspecified atom stereocenters. The Kier molecular flexibility index (Phi) is 5.19. The highest BCUT2D eigenvalue weighted by Crippen LogP contribution is 2.37. The Labute approximate surface area is 178 Å². The minimum Gasteiger partial charge on any atom is -0.321 e. The van der Waals surface area contributed by atoms with Crippen molar-refractivity contribution in [3.05, 3.63) is 88.4 Å². The number of nitrogens with one attached hydrogen (secondary N) is 1. The number of carbonyl (C=O) groups excluding carboxylic acids is 1. The van der Waals surface area contributed by atoms with Crippen LogP contribution < -0.4 is 9.62 Å². The number of benzene rings is 3. The summed E-state index contributed by atoms with van der Waals surface area (Å²) in [7, 11) is -3.66. The molecular weight excluding hydrogens is 452 g/mol. The molecule has 1 aliphatic rings. The van der Waals surface area contributed by atoms with Crippen LogP contribution in [0.2, 0.25) is 0 Å². The highest BCUT2D eigenvalue weighted by atomic mass is 79.9. The fraction of sp³-hybridized carbons (Fsp3) is 0.136. The van der Waals surface area contributed by atoms with Crippen LogP contribution in [-0.2, 0) is 16.4 Å². The SMILES string of the molecule is C[C@@H]1Cc2cc(C(=O)Nc3ccccc3Br)ccc2N1S(=O)(=O)c1ccccc1. The van der Waals surface area contributed by atoms with Crippen LogP contribution in [0.25, 0.3) is 0 Å². The Hall–Kier alpha value is -2.64. The molecule has 1 amide bonds. The number of hydrogen-bond donors (Lipinski definition) is 1. The average Bonchev–Trinajstić information content (AvgIpc) is 3.06. The predicted octanol–water partition coefficient (Wildman–Crippen LogP) is 4.84. The van der Waals surface area contributed by atoms with E-state index in [1.165, 1.54) is 4.31 Å². The van der Waals surface area contributed by atoms with Crippen LogP contribution in [0.3, 0.4) is 0 Å². The summed E-state index contributed by atoms with van der Waals surface area (Å²) < 4.78 is 28.5. The number of fused-ring (bicyclic) bond motifs is 1. The number of rotatable bonds is 4. The van der Waals surface area contributed by atoms with Crippen molar-refractivity contribution in [1.29, 1.82) is 0 Å². The summed E-state index contributed by atoms with van der Waals surface area (Å²) in [5.41, 5.74) is 2.64. The van der Waals surface area contributed by atoms with E-state index in [-0.39, 0.29) is 16.8 Å². The van der Waals surface area contributed by atoms with Gasteiger partial charge in [-0.15, -0.1) is 0 Å². The van der Waals surface area contributed by atoms with Crippen LogP contribution in [0.1, 0.15) is 22.8 Å². The summed E-state index contributed by atoms with van der Waals surface area (Å²) in [6, 6.07) is 20.7. The molecule has 1 heterocycles. The largest absolute Gasteiger partial charge is 0.321 e. The van der Waals surface area contributed by atoms with Gasteiger partial charge in [-0.1, -0.05) is 30.3 Å². The second kappa shape index (κ2) is 7.65. The van der Waals surface area contributed by atoms with E-state index in [9.17, 15) is 13.2 Å². The van der Waals surface area contributed by atoms with E-state index in [4.69, 9.17) is 0 Å². The van der Waals surface area contributed by atoms with Gasteiger partial charge in [-0.3, -0.25) is 9.10 Å². The Morgan fingerprint density at radius 1 is 1.03 bits per heavy atom. The molecule has 3 aromatic rings. The second-order valence-electron chi connectivity index (χ2n) is 6.94. The first-order valence-corrected chi connectivity index (χ1v) is 11.4. The third kappa shape index (κ3) is 3.68. The van der Waals surface area contributed by atoms with Crippen molar-refractivity contribution in [3.63, 3.8) is 0 Å². The van der Waals surface area contributed by atoms with Gasteiger partial charge in [-0.05, 0) is 77.3 Å². The highest BCUT2D eigenvalue weighted by molar-refractivity contribution is 9.10. The van der Waals surface area contributed by atoms with Crippen molar-refractivity contribution < 1.29 is 13.2 Å². The van der Waals surface area contributed by atoms with Gasteiger partial charge in [-0.25, -0.2) is 8.42 Å². The highest BCUT2D eigenvalue weighted by Gasteiger charge is 2.36. The van der Waals surface area contributed by atoms with Crippen molar-refractivity contribution >= 4 is 43.2 Å². The zero-order chi connectivity index (χ0) is 20.6. The van der Waals surface area contributed by atoms with Crippen molar-refractivity contribution in [1.82, 2.24) is 0 Å². The van der Waals surface area contributed by atoms with E-state index in [1.54, 1.807) is 48.5 Å². The van der Waals surface area contributed by atoms with E-state index in [0.717, 1.165) is 10.0 Å². The van der Waals surface area contributed by atoms with Crippen LogP contribution >= 0.6 is 15.9 Å².